The molecule has 5 nitrogen and oxygen atoms in total. The summed E-state index contributed by atoms with van der Waals surface area (Å²) in [5, 5.41) is 3.89. The summed E-state index contributed by atoms with van der Waals surface area (Å²) in [4.78, 5) is 32.1. The first-order valence-electron chi connectivity index (χ1n) is 10.6. The van der Waals surface area contributed by atoms with E-state index in [4.69, 9.17) is 0 Å². The first-order chi connectivity index (χ1) is 13.3. The summed E-state index contributed by atoms with van der Waals surface area (Å²) < 4.78 is 1.62. The first kappa shape index (κ1) is 19.6. The van der Waals surface area contributed by atoms with Crippen molar-refractivity contribution in [2.24, 2.45) is 11.3 Å². The molecule has 152 valence electrons. The van der Waals surface area contributed by atoms with Crippen molar-refractivity contribution in [2.75, 3.05) is 0 Å². The van der Waals surface area contributed by atoms with Gasteiger partial charge in [-0.05, 0) is 49.0 Å². The van der Waals surface area contributed by atoms with E-state index in [9.17, 15) is 9.59 Å². The van der Waals surface area contributed by atoms with Gasteiger partial charge in [0, 0.05) is 23.9 Å². The largest absolute Gasteiger partial charge is 0.353 e. The van der Waals surface area contributed by atoms with Crippen LogP contribution in [0.3, 0.4) is 0 Å². The number of amides is 1. The number of hydrogen-bond acceptors (Lipinski definition) is 4. The maximum atomic E-state index is 13.1. The monoisotopic (exact) mass is 401 g/mol. The molecule has 2 aromatic heterocycles. The van der Waals surface area contributed by atoms with Gasteiger partial charge in [-0.1, -0.05) is 33.6 Å². The van der Waals surface area contributed by atoms with Crippen LogP contribution in [0.25, 0.3) is 10.2 Å². The van der Waals surface area contributed by atoms with Crippen LogP contribution in [0.2, 0.25) is 0 Å². The van der Waals surface area contributed by atoms with Gasteiger partial charge in [0.25, 0.3) is 5.56 Å². The normalized spacial score (nSPS) is 20.5. The molecule has 0 saturated heterocycles. The maximum absolute atomic E-state index is 13.1. The van der Waals surface area contributed by atoms with Gasteiger partial charge in [0.2, 0.25) is 5.91 Å². The molecule has 0 radical (unpaired) electrons. The van der Waals surface area contributed by atoms with Crippen molar-refractivity contribution in [2.45, 2.75) is 84.7 Å². The predicted molar refractivity (Wildman–Crippen MR) is 114 cm³/mol. The fourth-order valence-corrected chi connectivity index (χ4v) is 5.95. The van der Waals surface area contributed by atoms with Crippen LogP contribution in [0.15, 0.2) is 11.1 Å². The molecule has 2 heterocycles. The second-order valence-electron chi connectivity index (χ2n) is 9.53. The molecule has 6 heteroatoms. The summed E-state index contributed by atoms with van der Waals surface area (Å²) in [5.41, 5.74) is 1.52. The summed E-state index contributed by atoms with van der Waals surface area (Å²) in [7, 11) is 0. The summed E-state index contributed by atoms with van der Waals surface area (Å²) >= 11 is 1.68. The Balaban J connectivity index is 1.51. The average Bonchev–Trinajstić information content (AvgIpc) is 3.27. The van der Waals surface area contributed by atoms with Gasteiger partial charge in [0.1, 0.15) is 4.83 Å². The van der Waals surface area contributed by atoms with E-state index in [2.05, 4.69) is 31.1 Å². The lowest BCUT2D eigenvalue weighted by atomic mass is 9.72. The second kappa shape index (κ2) is 7.62. The third kappa shape index (κ3) is 3.88. The zero-order valence-corrected chi connectivity index (χ0v) is 18.0. The van der Waals surface area contributed by atoms with Gasteiger partial charge in [-0.15, -0.1) is 11.3 Å². The molecule has 0 bridgehead atoms. The van der Waals surface area contributed by atoms with Crippen LogP contribution in [0.1, 0.15) is 69.7 Å². The van der Waals surface area contributed by atoms with Gasteiger partial charge in [0.15, 0.2) is 0 Å². The van der Waals surface area contributed by atoms with Crippen molar-refractivity contribution >= 4 is 27.5 Å². The molecular weight excluding hydrogens is 370 g/mol. The van der Waals surface area contributed by atoms with Gasteiger partial charge in [-0.3, -0.25) is 14.2 Å². The first-order valence-corrected chi connectivity index (χ1v) is 11.4. The van der Waals surface area contributed by atoms with E-state index in [0.29, 0.717) is 24.9 Å². The third-order valence-electron chi connectivity index (χ3n) is 6.56. The van der Waals surface area contributed by atoms with Crippen molar-refractivity contribution < 1.29 is 4.79 Å². The highest BCUT2D eigenvalue weighted by Crippen LogP contribution is 2.41. The van der Waals surface area contributed by atoms with Crippen molar-refractivity contribution in [3.05, 3.63) is 27.1 Å². The van der Waals surface area contributed by atoms with Crippen LogP contribution >= 0.6 is 11.3 Å². The number of nitrogens with zero attached hydrogens (tertiary/aromatic N) is 2. The summed E-state index contributed by atoms with van der Waals surface area (Å²) in [6.45, 7) is 7.31. The molecule has 1 amide bonds. The number of thiophene rings is 1. The molecule has 1 fully saturated rings. The van der Waals surface area contributed by atoms with Gasteiger partial charge in [-0.25, -0.2) is 4.98 Å². The molecule has 1 unspecified atom stereocenters. The van der Waals surface area contributed by atoms with E-state index in [1.807, 2.05) is 0 Å². The van der Waals surface area contributed by atoms with Crippen molar-refractivity contribution in [3.63, 3.8) is 0 Å². The van der Waals surface area contributed by atoms with Gasteiger partial charge in [0.05, 0.1) is 11.7 Å². The summed E-state index contributed by atoms with van der Waals surface area (Å²) in [6, 6.07) is 0.324. The Labute approximate surface area is 170 Å². The standard InChI is InChI=1S/C22H31N3O2S/c1-22(2,3)14-8-9-16-17(12-14)28-20-19(16)21(27)25(13-23-20)11-10-18(26)24-15-6-4-5-7-15/h13-15H,4-12H2,1-3H3,(H,24,26). The predicted octanol–water partition coefficient (Wildman–Crippen LogP) is 4.06. The number of aromatic nitrogens is 2. The molecule has 2 aliphatic carbocycles. The minimum atomic E-state index is 0.0189. The van der Waals surface area contributed by atoms with Gasteiger partial charge < -0.3 is 5.32 Å². The number of fused-ring (bicyclic) bond motifs is 3. The molecule has 1 N–H and O–H groups in total. The summed E-state index contributed by atoms with van der Waals surface area (Å²) in [5.74, 6) is 0.689. The SMILES string of the molecule is CC(C)(C)C1CCc2c(sc3ncn(CCC(=O)NC4CCCC4)c(=O)c23)C1. The van der Waals surface area contributed by atoms with Crippen molar-refractivity contribution in [1.29, 1.82) is 0 Å². The zero-order chi connectivity index (χ0) is 19.9. The lowest BCUT2D eigenvalue weighted by molar-refractivity contribution is -0.122. The molecule has 0 aromatic carbocycles. The Hall–Kier alpha value is -1.69. The van der Waals surface area contributed by atoms with Crippen LogP contribution in [0.5, 0.6) is 0 Å². The second-order valence-corrected chi connectivity index (χ2v) is 10.6. The Morgan fingerprint density at radius 3 is 2.75 bits per heavy atom. The van der Waals surface area contributed by atoms with Gasteiger partial charge >= 0.3 is 0 Å². The Morgan fingerprint density at radius 2 is 2.04 bits per heavy atom. The molecule has 2 aliphatic rings. The quantitative estimate of drug-likeness (QED) is 0.840. The highest BCUT2D eigenvalue weighted by Gasteiger charge is 2.31. The molecule has 0 spiro atoms. The number of nitrogens with one attached hydrogen (secondary N) is 1. The van der Waals surface area contributed by atoms with Crippen molar-refractivity contribution in [1.82, 2.24) is 14.9 Å². The van der Waals surface area contributed by atoms with Crippen molar-refractivity contribution in [3.8, 4) is 0 Å². The number of rotatable bonds is 4. The Morgan fingerprint density at radius 1 is 1.29 bits per heavy atom. The fraction of sp³-hybridized carbons (Fsp3) is 0.682. The smallest absolute Gasteiger partial charge is 0.262 e. The lowest BCUT2D eigenvalue weighted by Crippen LogP contribution is -2.34. The average molecular weight is 402 g/mol. The molecule has 2 aromatic rings. The highest BCUT2D eigenvalue weighted by atomic mass is 32.1. The fourth-order valence-electron chi connectivity index (χ4n) is 4.69. The van der Waals surface area contributed by atoms with E-state index in [0.717, 1.165) is 42.3 Å². The number of carbonyl (C=O) groups is 1. The number of aryl methyl sites for hydroxylation is 2. The maximum Gasteiger partial charge on any atom is 0.262 e. The summed E-state index contributed by atoms with van der Waals surface area (Å²) in [6.07, 6.45) is 9.64. The molecule has 1 atom stereocenters. The third-order valence-corrected chi connectivity index (χ3v) is 7.72. The van der Waals surface area contributed by atoms with E-state index in [1.54, 1.807) is 22.2 Å². The minimum Gasteiger partial charge on any atom is -0.353 e. The number of carbonyl (C=O) groups excluding carboxylic acids is 1. The van der Waals surface area contributed by atoms with Crippen LogP contribution < -0.4 is 10.9 Å². The van der Waals surface area contributed by atoms with Crippen LogP contribution in [0.4, 0.5) is 0 Å². The molecule has 0 aliphatic heterocycles. The molecule has 28 heavy (non-hydrogen) atoms. The number of hydrogen-bond donors (Lipinski definition) is 1. The van der Waals surface area contributed by atoms with E-state index < -0.39 is 0 Å². The Bertz CT molecular complexity index is 932. The van der Waals surface area contributed by atoms with E-state index in [1.165, 1.54) is 23.3 Å². The molecule has 4 rings (SSSR count). The van der Waals surface area contributed by atoms with Crippen LogP contribution in [-0.2, 0) is 24.2 Å². The lowest BCUT2D eigenvalue weighted by Gasteiger charge is -2.33. The highest BCUT2D eigenvalue weighted by molar-refractivity contribution is 7.18. The molecule has 1 saturated carbocycles. The van der Waals surface area contributed by atoms with Gasteiger partial charge in [-0.2, -0.15) is 0 Å². The van der Waals surface area contributed by atoms with E-state index >= 15 is 0 Å². The zero-order valence-electron chi connectivity index (χ0n) is 17.2. The Kier molecular flexibility index (Phi) is 5.34. The molecular formula is C22H31N3O2S. The van der Waals surface area contributed by atoms with E-state index in [-0.39, 0.29) is 16.9 Å². The van der Waals surface area contributed by atoms with Crippen LogP contribution in [-0.4, -0.2) is 21.5 Å². The topological polar surface area (TPSA) is 64.0 Å². The van der Waals surface area contributed by atoms with Crippen LogP contribution in [0, 0.1) is 11.3 Å². The minimum absolute atomic E-state index is 0.0189.